The largest absolute Gasteiger partial charge is 0.354 e. The van der Waals surface area contributed by atoms with Crippen LogP contribution in [-0.2, 0) is 22.6 Å². The monoisotopic (exact) mass is 400 g/mol. The minimum Gasteiger partial charge on any atom is -0.354 e. The van der Waals surface area contributed by atoms with E-state index < -0.39 is 6.04 Å². The van der Waals surface area contributed by atoms with E-state index in [1.807, 2.05) is 51.1 Å². The number of aryl methyl sites for hydroxylation is 2. The van der Waals surface area contributed by atoms with Gasteiger partial charge >= 0.3 is 0 Å². The predicted octanol–water partition coefficient (Wildman–Crippen LogP) is 4.44. The normalized spacial score (nSPS) is 11.8. The average Bonchev–Trinajstić information content (AvgIpc) is 2.67. The highest BCUT2D eigenvalue weighted by molar-refractivity contribution is 6.30. The van der Waals surface area contributed by atoms with Gasteiger partial charge in [-0.15, -0.1) is 0 Å². The summed E-state index contributed by atoms with van der Waals surface area (Å²) in [7, 11) is 0. The Bertz CT molecular complexity index is 818. The number of carbonyl (C=O) groups is 2. The van der Waals surface area contributed by atoms with Gasteiger partial charge in [-0.2, -0.15) is 0 Å². The number of nitrogens with zero attached hydrogens (tertiary/aromatic N) is 1. The summed E-state index contributed by atoms with van der Waals surface area (Å²) in [6.07, 6.45) is 1.12. The molecule has 0 aliphatic rings. The molecule has 2 aromatic carbocycles. The highest BCUT2D eigenvalue weighted by Crippen LogP contribution is 2.17. The van der Waals surface area contributed by atoms with Gasteiger partial charge in [0, 0.05) is 18.1 Å². The van der Waals surface area contributed by atoms with E-state index in [1.165, 1.54) is 0 Å². The molecule has 2 aromatic rings. The van der Waals surface area contributed by atoms with Crippen LogP contribution in [0.2, 0.25) is 5.02 Å². The van der Waals surface area contributed by atoms with Crippen LogP contribution in [0.25, 0.3) is 0 Å². The predicted molar refractivity (Wildman–Crippen MR) is 114 cm³/mol. The van der Waals surface area contributed by atoms with Crippen LogP contribution >= 0.6 is 11.6 Å². The van der Waals surface area contributed by atoms with E-state index in [-0.39, 0.29) is 18.2 Å². The third-order valence-corrected chi connectivity index (χ3v) is 5.08. The molecule has 0 saturated heterocycles. The molecule has 0 bridgehead atoms. The molecule has 0 heterocycles. The molecule has 0 aromatic heterocycles. The summed E-state index contributed by atoms with van der Waals surface area (Å²) in [5, 5.41) is 3.54. The summed E-state index contributed by atoms with van der Waals surface area (Å²) in [4.78, 5) is 27.4. The zero-order valence-corrected chi connectivity index (χ0v) is 17.8. The number of nitrogens with one attached hydrogen (secondary N) is 1. The van der Waals surface area contributed by atoms with Gasteiger partial charge in [-0.25, -0.2) is 0 Å². The van der Waals surface area contributed by atoms with Crippen molar-refractivity contribution in [2.45, 2.75) is 53.1 Å². The van der Waals surface area contributed by atoms with E-state index in [0.29, 0.717) is 18.1 Å². The van der Waals surface area contributed by atoms with Gasteiger partial charge in [-0.05, 0) is 56.0 Å². The molecule has 150 valence electrons. The van der Waals surface area contributed by atoms with Gasteiger partial charge in [-0.1, -0.05) is 54.4 Å². The van der Waals surface area contributed by atoms with E-state index in [2.05, 4.69) is 5.32 Å². The van der Waals surface area contributed by atoms with Crippen molar-refractivity contribution < 1.29 is 9.59 Å². The van der Waals surface area contributed by atoms with Gasteiger partial charge in [0.05, 0.1) is 6.42 Å². The molecule has 0 fully saturated rings. The van der Waals surface area contributed by atoms with Crippen molar-refractivity contribution in [2.75, 3.05) is 6.54 Å². The third-order valence-electron chi connectivity index (χ3n) is 4.83. The van der Waals surface area contributed by atoms with E-state index in [1.54, 1.807) is 24.0 Å². The number of carbonyl (C=O) groups excluding carboxylic acids is 2. The van der Waals surface area contributed by atoms with Crippen molar-refractivity contribution in [1.82, 2.24) is 10.2 Å². The number of hydrogen-bond acceptors (Lipinski definition) is 2. The van der Waals surface area contributed by atoms with Crippen molar-refractivity contribution in [3.05, 3.63) is 69.7 Å². The second-order valence-electron chi connectivity index (χ2n) is 7.22. The summed E-state index contributed by atoms with van der Waals surface area (Å²) in [5.41, 5.74) is 4.13. The zero-order chi connectivity index (χ0) is 20.7. The Morgan fingerprint density at radius 3 is 2.43 bits per heavy atom. The molecule has 1 atom stereocenters. The Morgan fingerprint density at radius 2 is 1.79 bits per heavy atom. The fourth-order valence-electron chi connectivity index (χ4n) is 3.02. The number of amides is 2. The number of hydrogen-bond donors (Lipinski definition) is 1. The number of rotatable bonds is 8. The van der Waals surface area contributed by atoms with E-state index in [4.69, 9.17) is 11.6 Å². The van der Waals surface area contributed by atoms with Crippen molar-refractivity contribution in [3.63, 3.8) is 0 Å². The van der Waals surface area contributed by atoms with Crippen LogP contribution in [0.4, 0.5) is 0 Å². The molecule has 5 heteroatoms. The Kier molecular flexibility index (Phi) is 8.06. The van der Waals surface area contributed by atoms with Gasteiger partial charge in [0.15, 0.2) is 0 Å². The third kappa shape index (κ3) is 6.10. The average molecular weight is 401 g/mol. The summed E-state index contributed by atoms with van der Waals surface area (Å²) in [6, 6.07) is 12.9. The molecule has 0 unspecified atom stereocenters. The first-order valence-electron chi connectivity index (χ1n) is 9.69. The maximum absolute atomic E-state index is 13.2. The van der Waals surface area contributed by atoms with Gasteiger partial charge in [0.2, 0.25) is 11.8 Å². The first-order chi connectivity index (χ1) is 13.3. The van der Waals surface area contributed by atoms with E-state index in [0.717, 1.165) is 28.7 Å². The first kappa shape index (κ1) is 22.0. The van der Waals surface area contributed by atoms with Gasteiger partial charge in [0.25, 0.3) is 0 Å². The zero-order valence-electron chi connectivity index (χ0n) is 17.1. The topological polar surface area (TPSA) is 49.4 Å². The van der Waals surface area contributed by atoms with Crippen LogP contribution in [0, 0.1) is 13.8 Å². The molecule has 0 saturated carbocycles. The second-order valence-corrected chi connectivity index (χ2v) is 7.66. The van der Waals surface area contributed by atoms with Crippen molar-refractivity contribution in [1.29, 1.82) is 0 Å². The van der Waals surface area contributed by atoms with Crippen molar-refractivity contribution in [3.8, 4) is 0 Å². The molecule has 0 aliphatic heterocycles. The second kappa shape index (κ2) is 10.3. The van der Waals surface area contributed by atoms with Crippen LogP contribution in [0.3, 0.4) is 0 Å². The van der Waals surface area contributed by atoms with Crippen molar-refractivity contribution in [2.24, 2.45) is 0 Å². The lowest BCUT2D eigenvalue weighted by Crippen LogP contribution is -2.48. The van der Waals surface area contributed by atoms with Crippen LogP contribution in [0.15, 0.2) is 42.5 Å². The SMILES string of the molecule is CCCNC(=O)[C@H](C)N(Cc1ccc(Cl)cc1)C(=O)Cc1cc(C)ccc1C. The molecule has 0 aliphatic carbocycles. The summed E-state index contributed by atoms with van der Waals surface area (Å²) in [6.45, 7) is 8.76. The minimum atomic E-state index is -0.556. The maximum Gasteiger partial charge on any atom is 0.242 e. The molecule has 2 amide bonds. The number of benzene rings is 2. The summed E-state index contributed by atoms with van der Waals surface area (Å²) >= 11 is 5.98. The minimum absolute atomic E-state index is 0.0669. The Hall–Kier alpha value is -2.33. The fraction of sp³-hybridized carbons (Fsp3) is 0.391. The molecule has 28 heavy (non-hydrogen) atoms. The molecular formula is C23H29ClN2O2. The molecule has 0 radical (unpaired) electrons. The Balaban J connectivity index is 2.24. The molecular weight excluding hydrogens is 372 g/mol. The standard InChI is InChI=1S/C23H29ClN2O2/c1-5-12-25-23(28)18(4)26(15-19-8-10-21(24)11-9-19)22(27)14-20-13-16(2)6-7-17(20)3/h6-11,13,18H,5,12,14-15H2,1-4H3,(H,25,28)/t18-/m0/s1. The smallest absolute Gasteiger partial charge is 0.242 e. The van der Waals surface area contributed by atoms with Crippen molar-refractivity contribution >= 4 is 23.4 Å². The van der Waals surface area contributed by atoms with Crippen LogP contribution in [-0.4, -0.2) is 29.3 Å². The molecule has 1 N–H and O–H groups in total. The summed E-state index contributed by atoms with van der Waals surface area (Å²) in [5.74, 6) is -0.201. The van der Waals surface area contributed by atoms with Crippen LogP contribution < -0.4 is 5.32 Å². The van der Waals surface area contributed by atoms with Gasteiger partial charge in [-0.3, -0.25) is 9.59 Å². The number of halogens is 1. The maximum atomic E-state index is 13.2. The quantitative estimate of drug-likeness (QED) is 0.711. The Morgan fingerprint density at radius 1 is 1.11 bits per heavy atom. The van der Waals surface area contributed by atoms with Crippen LogP contribution in [0.5, 0.6) is 0 Å². The van der Waals surface area contributed by atoms with Gasteiger partial charge < -0.3 is 10.2 Å². The van der Waals surface area contributed by atoms with Crippen LogP contribution in [0.1, 0.15) is 42.5 Å². The Labute approximate surface area is 172 Å². The summed E-state index contributed by atoms with van der Waals surface area (Å²) < 4.78 is 0. The lowest BCUT2D eigenvalue weighted by atomic mass is 10.0. The highest BCUT2D eigenvalue weighted by atomic mass is 35.5. The fourth-order valence-corrected chi connectivity index (χ4v) is 3.15. The lowest BCUT2D eigenvalue weighted by Gasteiger charge is -2.29. The first-order valence-corrected chi connectivity index (χ1v) is 10.1. The van der Waals surface area contributed by atoms with Gasteiger partial charge in [0.1, 0.15) is 6.04 Å². The van der Waals surface area contributed by atoms with E-state index >= 15 is 0 Å². The highest BCUT2D eigenvalue weighted by Gasteiger charge is 2.26. The molecule has 0 spiro atoms. The molecule has 2 rings (SSSR count). The lowest BCUT2D eigenvalue weighted by molar-refractivity contribution is -0.140. The van der Waals surface area contributed by atoms with E-state index in [9.17, 15) is 9.59 Å². The molecule has 4 nitrogen and oxygen atoms in total.